The number of halogens is 1. The number of ether oxygens (including phenoxy) is 1. The lowest BCUT2D eigenvalue weighted by molar-refractivity contribution is -0.383. The Bertz CT molecular complexity index is 668. The first-order valence-electron chi connectivity index (χ1n) is 6.37. The molecular formula is C13H14ClN5O3. The van der Waals surface area contributed by atoms with E-state index in [2.05, 4.69) is 20.6 Å². The van der Waals surface area contributed by atoms with Crippen LogP contribution in [0.4, 0.5) is 23.0 Å². The van der Waals surface area contributed by atoms with Crippen LogP contribution in [0.1, 0.15) is 0 Å². The van der Waals surface area contributed by atoms with Gasteiger partial charge in [0.25, 0.3) is 0 Å². The van der Waals surface area contributed by atoms with Crippen LogP contribution in [-0.4, -0.2) is 35.2 Å². The lowest BCUT2D eigenvalue weighted by Gasteiger charge is -2.10. The Morgan fingerprint density at radius 1 is 1.32 bits per heavy atom. The summed E-state index contributed by atoms with van der Waals surface area (Å²) in [6.07, 6.45) is 1.24. The molecule has 0 aliphatic heterocycles. The van der Waals surface area contributed by atoms with Gasteiger partial charge >= 0.3 is 5.69 Å². The van der Waals surface area contributed by atoms with E-state index in [9.17, 15) is 10.1 Å². The van der Waals surface area contributed by atoms with Crippen molar-refractivity contribution in [1.29, 1.82) is 0 Å². The Morgan fingerprint density at radius 2 is 2.05 bits per heavy atom. The molecule has 0 aliphatic rings. The molecule has 22 heavy (non-hydrogen) atoms. The number of nitro groups is 1. The fraction of sp³-hybridized carbons (Fsp3) is 0.231. The summed E-state index contributed by atoms with van der Waals surface area (Å²) in [6, 6.07) is 6.90. The van der Waals surface area contributed by atoms with E-state index >= 15 is 0 Å². The van der Waals surface area contributed by atoms with Gasteiger partial charge in [-0.25, -0.2) is 9.97 Å². The highest BCUT2D eigenvalue weighted by Crippen LogP contribution is 2.32. The summed E-state index contributed by atoms with van der Waals surface area (Å²) in [5.74, 6) is 0.180. The molecule has 0 saturated heterocycles. The van der Waals surface area contributed by atoms with Gasteiger partial charge in [0.05, 0.1) is 22.2 Å². The first-order valence-corrected chi connectivity index (χ1v) is 6.75. The van der Waals surface area contributed by atoms with Crippen LogP contribution < -0.4 is 10.6 Å². The van der Waals surface area contributed by atoms with Gasteiger partial charge in [0.2, 0.25) is 11.6 Å². The van der Waals surface area contributed by atoms with Crippen molar-refractivity contribution in [2.75, 3.05) is 30.9 Å². The second kappa shape index (κ2) is 7.53. The quantitative estimate of drug-likeness (QED) is 0.459. The van der Waals surface area contributed by atoms with E-state index in [0.717, 1.165) is 0 Å². The average Bonchev–Trinajstić information content (AvgIpc) is 2.50. The standard InChI is InChI=1S/C13H14ClN5O3/c1-22-7-6-15-12-11(19(20)21)13(17-8-16-12)18-10-5-3-2-4-9(10)14/h2-5,8H,6-7H2,1H3,(H2,15,16,17,18). The fourth-order valence-corrected chi connectivity index (χ4v) is 1.92. The van der Waals surface area contributed by atoms with Crippen molar-refractivity contribution in [3.8, 4) is 0 Å². The first-order chi connectivity index (χ1) is 10.6. The van der Waals surface area contributed by atoms with Gasteiger partial charge in [-0.2, -0.15) is 0 Å². The summed E-state index contributed by atoms with van der Waals surface area (Å²) < 4.78 is 4.90. The largest absolute Gasteiger partial charge is 0.383 e. The minimum absolute atomic E-state index is 0.0630. The van der Waals surface area contributed by atoms with Crippen molar-refractivity contribution < 1.29 is 9.66 Å². The summed E-state index contributed by atoms with van der Waals surface area (Å²) in [5.41, 5.74) is 0.271. The maximum Gasteiger partial charge on any atom is 0.353 e. The molecule has 0 amide bonds. The second-order valence-electron chi connectivity index (χ2n) is 4.20. The molecule has 0 unspecified atom stereocenters. The maximum absolute atomic E-state index is 11.3. The number of hydrogen-bond acceptors (Lipinski definition) is 7. The number of benzene rings is 1. The van der Waals surface area contributed by atoms with Gasteiger partial charge < -0.3 is 15.4 Å². The molecule has 2 N–H and O–H groups in total. The summed E-state index contributed by atoms with van der Waals surface area (Å²) in [6.45, 7) is 0.786. The highest BCUT2D eigenvalue weighted by molar-refractivity contribution is 6.33. The molecule has 1 heterocycles. The molecule has 0 spiro atoms. The van der Waals surface area contributed by atoms with Crippen LogP contribution in [0, 0.1) is 10.1 Å². The van der Waals surface area contributed by atoms with Crippen LogP contribution in [0.3, 0.4) is 0 Å². The molecular weight excluding hydrogens is 310 g/mol. The van der Waals surface area contributed by atoms with Crippen molar-refractivity contribution in [2.45, 2.75) is 0 Å². The van der Waals surface area contributed by atoms with Crippen LogP contribution in [0.2, 0.25) is 5.02 Å². The number of para-hydroxylation sites is 1. The monoisotopic (exact) mass is 323 g/mol. The van der Waals surface area contributed by atoms with Crippen molar-refractivity contribution in [1.82, 2.24) is 9.97 Å². The molecule has 0 atom stereocenters. The van der Waals surface area contributed by atoms with Gasteiger partial charge in [0.15, 0.2) is 0 Å². The number of rotatable bonds is 7. The highest BCUT2D eigenvalue weighted by atomic mass is 35.5. The number of anilines is 3. The van der Waals surface area contributed by atoms with Crippen LogP contribution >= 0.6 is 11.6 Å². The van der Waals surface area contributed by atoms with E-state index in [-0.39, 0.29) is 17.3 Å². The molecule has 0 radical (unpaired) electrons. The molecule has 8 nitrogen and oxygen atoms in total. The Balaban J connectivity index is 2.32. The third-order valence-electron chi connectivity index (χ3n) is 2.73. The van der Waals surface area contributed by atoms with Crippen LogP contribution in [0.5, 0.6) is 0 Å². The van der Waals surface area contributed by atoms with Crippen LogP contribution in [0.15, 0.2) is 30.6 Å². The van der Waals surface area contributed by atoms with Crippen molar-refractivity contribution in [3.63, 3.8) is 0 Å². The zero-order valence-electron chi connectivity index (χ0n) is 11.7. The third kappa shape index (κ3) is 3.80. The third-order valence-corrected chi connectivity index (χ3v) is 3.06. The first kappa shape index (κ1) is 15.9. The van der Waals surface area contributed by atoms with Gasteiger partial charge in [-0.15, -0.1) is 0 Å². The molecule has 116 valence electrons. The van der Waals surface area contributed by atoms with Gasteiger partial charge in [-0.1, -0.05) is 23.7 Å². The normalized spacial score (nSPS) is 10.3. The average molecular weight is 324 g/mol. The predicted molar refractivity (Wildman–Crippen MR) is 83.8 cm³/mol. The minimum atomic E-state index is -0.547. The van der Waals surface area contributed by atoms with Crippen molar-refractivity contribution in [2.24, 2.45) is 0 Å². The zero-order chi connectivity index (χ0) is 15.9. The van der Waals surface area contributed by atoms with Gasteiger partial charge in [-0.05, 0) is 12.1 Å². The molecule has 0 fully saturated rings. The van der Waals surface area contributed by atoms with E-state index in [4.69, 9.17) is 16.3 Å². The predicted octanol–water partition coefficient (Wildman–Crippen LogP) is 2.84. The van der Waals surface area contributed by atoms with Crippen LogP contribution in [0.25, 0.3) is 0 Å². The van der Waals surface area contributed by atoms with Gasteiger partial charge in [0, 0.05) is 13.7 Å². The molecule has 1 aromatic carbocycles. The number of methoxy groups -OCH3 is 1. The zero-order valence-corrected chi connectivity index (χ0v) is 12.5. The molecule has 0 saturated carbocycles. The number of aromatic nitrogens is 2. The highest BCUT2D eigenvalue weighted by Gasteiger charge is 2.23. The van der Waals surface area contributed by atoms with E-state index in [1.165, 1.54) is 6.33 Å². The Kier molecular flexibility index (Phi) is 5.45. The van der Waals surface area contributed by atoms with E-state index in [1.807, 2.05) is 0 Å². The number of hydrogen-bond donors (Lipinski definition) is 2. The number of nitrogens with zero attached hydrogens (tertiary/aromatic N) is 3. The molecule has 1 aromatic heterocycles. The summed E-state index contributed by atoms with van der Waals surface area (Å²) in [5, 5.41) is 17.5. The second-order valence-corrected chi connectivity index (χ2v) is 4.61. The Hall–Kier alpha value is -2.45. The Morgan fingerprint density at radius 3 is 2.73 bits per heavy atom. The molecule has 2 rings (SSSR count). The van der Waals surface area contributed by atoms with Gasteiger partial charge in [-0.3, -0.25) is 10.1 Å². The molecule has 2 aromatic rings. The number of nitrogens with one attached hydrogen (secondary N) is 2. The van der Waals surface area contributed by atoms with Crippen molar-refractivity contribution in [3.05, 3.63) is 45.7 Å². The molecule has 9 heteroatoms. The molecule has 0 bridgehead atoms. The SMILES string of the molecule is COCCNc1ncnc(Nc2ccccc2Cl)c1[N+](=O)[O-]. The topological polar surface area (TPSA) is 102 Å². The fourth-order valence-electron chi connectivity index (χ4n) is 1.73. The summed E-state index contributed by atoms with van der Waals surface area (Å²) in [7, 11) is 1.54. The van der Waals surface area contributed by atoms with E-state index in [0.29, 0.717) is 23.9 Å². The molecule has 0 aliphatic carbocycles. The Labute approximate surface area is 131 Å². The minimum Gasteiger partial charge on any atom is -0.383 e. The maximum atomic E-state index is 11.3. The summed E-state index contributed by atoms with van der Waals surface area (Å²) in [4.78, 5) is 18.6. The summed E-state index contributed by atoms with van der Waals surface area (Å²) >= 11 is 6.04. The van der Waals surface area contributed by atoms with Crippen LogP contribution in [-0.2, 0) is 4.74 Å². The van der Waals surface area contributed by atoms with Crippen molar-refractivity contribution >= 4 is 34.6 Å². The lowest BCUT2D eigenvalue weighted by Crippen LogP contribution is -2.12. The smallest absolute Gasteiger partial charge is 0.353 e. The van der Waals surface area contributed by atoms with E-state index < -0.39 is 4.92 Å². The van der Waals surface area contributed by atoms with Gasteiger partial charge in [0.1, 0.15) is 6.33 Å². The van der Waals surface area contributed by atoms with E-state index in [1.54, 1.807) is 31.4 Å². The lowest BCUT2D eigenvalue weighted by atomic mass is 10.3.